The highest BCUT2D eigenvalue weighted by molar-refractivity contribution is 7.12. The number of hydrogen-bond donors (Lipinski definition) is 1. The third kappa shape index (κ3) is 3.83. The van der Waals surface area contributed by atoms with Gasteiger partial charge in [0, 0.05) is 31.8 Å². The van der Waals surface area contributed by atoms with E-state index in [1.54, 1.807) is 31.1 Å². The van der Waals surface area contributed by atoms with E-state index in [1.165, 1.54) is 11.3 Å². The monoisotopic (exact) mass is 364 g/mol. The summed E-state index contributed by atoms with van der Waals surface area (Å²) < 4.78 is 0. The van der Waals surface area contributed by atoms with Crippen molar-refractivity contribution in [3.8, 4) is 11.1 Å². The second kappa shape index (κ2) is 7.97. The molecule has 0 aliphatic heterocycles. The SMILES string of the molecule is CNC(=O)c1ccc(CN(C)C(=O)c2sccc2-c2ccccc2)cc1. The second-order valence-electron chi connectivity index (χ2n) is 5.97. The Labute approximate surface area is 157 Å². The molecule has 0 bridgehead atoms. The summed E-state index contributed by atoms with van der Waals surface area (Å²) in [6, 6.07) is 19.2. The largest absolute Gasteiger partial charge is 0.355 e. The molecule has 1 heterocycles. The molecule has 1 aromatic heterocycles. The molecule has 0 spiro atoms. The topological polar surface area (TPSA) is 49.4 Å². The van der Waals surface area contributed by atoms with Gasteiger partial charge in [-0.15, -0.1) is 11.3 Å². The first-order chi connectivity index (χ1) is 12.6. The molecular formula is C21H20N2O2S. The smallest absolute Gasteiger partial charge is 0.264 e. The van der Waals surface area contributed by atoms with Crippen molar-refractivity contribution in [1.82, 2.24) is 10.2 Å². The standard InChI is InChI=1S/C21H20N2O2S/c1-22-20(24)17-10-8-15(9-11-17)14-23(2)21(25)19-18(12-13-26-19)16-6-4-3-5-7-16/h3-13H,14H2,1-2H3,(H,22,24). The van der Waals surface area contributed by atoms with Gasteiger partial charge in [0.15, 0.2) is 0 Å². The predicted molar refractivity (Wildman–Crippen MR) is 105 cm³/mol. The van der Waals surface area contributed by atoms with Crippen molar-refractivity contribution in [3.05, 3.63) is 82.0 Å². The van der Waals surface area contributed by atoms with E-state index in [1.807, 2.05) is 53.9 Å². The van der Waals surface area contributed by atoms with E-state index in [9.17, 15) is 9.59 Å². The summed E-state index contributed by atoms with van der Waals surface area (Å²) in [5, 5.41) is 4.54. The second-order valence-corrected chi connectivity index (χ2v) is 6.88. The summed E-state index contributed by atoms with van der Waals surface area (Å²) in [6.45, 7) is 0.485. The molecule has 0 radical (unpaired) electrons. The summed E-state index contributed by atoms with van der Waals surface area (Å²) in [5.41, 5.74) is 3.59. The summed E-state index contributed by atoms with van der Waals surface area (Å²) in [5.74, 6) is -0.124. The number of hydrogen-bond acceptors (Lipinski definition) is 3. The fraction of sp³-hybridized carbons (Fsp3) is 0.143. The molecule has 1 N–H and O–H groups in total. The van der Waals surface area contributed by atoms with Gasteiger partial charge >= 0.3 is 0 Å². The summed E-state index contributed by atoms with van der Waals surface area (Å²) in [7, 11) is 3.40. The molecule has 26 heavy (non-hydrogen) atoms. The minimum absolute atomic E-state index is 0.00534. The minimum Gasteiger partial charge on any atom is -0.355 e. The number of rotatable bonds is 5. The zero-order valence-corrected chi connectivity index (χ0v) is 15.5. The lowest BCUT2D eigenvalue weighted by Gasteiger charge is -2.17. The van der Waals surface area contributed by atoms with Crippen molar-refractivity contribution in [2.24, 2.45) is 0 Å². The first-order valence-electron chi connectivity index (χ1n) is 8.29. The molecule has 4 nitrogen and oxygen atoms in total. The lowest BCUT2D eigenvalue weighted by molar-refractivity contribution is 0.0790. The molecule has 0 unspecified atom stereocenters. The number of nitrogens with zero attached hydrogens (tertiary/aromatic N) is 1. The Morgan fingerprint density at radius 1 is 1.00 bits per heavy atom. The van der Waals surface area contributed by atoms with Crippen molar-refractivity contribution >= 4 is 23.2 Å². The van der Waals surface area contributed by atoms with Crippen molar-refractivity contribution in [2.75, 3.05) is 14.1 Å². The predicted octanol–water partition coefficient (Wildman–Crippen LogP) is 4.05. The molecule has 0 saturated carbocycles. The van der Waals surface area contributed by atoms with Crippen LogP contribution in [-0.2, 0) is 6.54 Å². The van der Waals surface area contributed by atoms with Gasteiger partial charge in [0.1, 0.15) is 0 Å². The number of nitrogens with one attached hydrogen (secondary N) is 1. The van der Waals surface area contributed by atoms with Crippen LogP contribution in [0.15, 0.2) is 66.0 Å². The zero-order valence-electron chi connectivity index (χ0n) is 14.7. The Morgan fingerprint density at radius 2 is 1.69 bits per heavy atom. The normalized spacial score (nSPS) is 10.4. The Bertz CT molecular complexity index is 901. The highest BCUT2D eigenvalue weighted by atomic mass is 32.1. The molecule has 0 fully saturated rings. The van der Waals surface area contributed by atoms with E-state index in [0.29, 0.717) is 12.1 Å². The molecule has 2 amide bonds. The molecule has 0 aliphatic carbocycles. The maximum atomic E-state index is 12.9. The van der Waals surface area contributed by atoms with E-state index >= 15 is 0 Å². The van der Waals surface area contributed by atoms with Crippen LogP contribution in [-0.4, -0.2) is 30.8 Å². The molecule has 0 saturated heterocycles. The summed E-state index contributed by atoms with van der Waals surface area (Å²) in [4.78, 5) is 26.9. The quantitative estimate of drug-likeness (QED) is 0.743. The maximum Gasteiger partial charge on any atom is 0.264 e. The lowest BCUT2D eigenvalue weighted by Crippen LogP contribution is -2.26. The van der Waals surface area contributed by atoms with Crippen LogP contribution in [0.2, 0.25) is 0 Å². The third-order valence-corrected chi connectivity index (χ3v) is 5.06. The maximum absolute atomic E-state index is 12.9. The van der Waals surface area contributed by atoms with Crippen LogP contribution >= 0.6 is 11.3 Å². The first kappa shape index (κ1) is 17.9. The van der Waals surface area contributed by atoms with E-state index < -0.39 is 0 Å². The van der Waals surface area contributed by atoms with Crippen LogP contribution in [0.25, 0.3) is 11.1 Å². The van der Waals surface area contributed by atoms with Crippen LogP contribution in [0.4, 0.5) is 0 Å². The van der Waals surface area contributed by atoms with Gasteiger partial charge < -0.3 is 10.2 Å². The van der Waals surface area contributed by atoms with Crippen LogP contribution in [0.5, 0.6) is 0 Å². The van der Waals surface area contributed by atoms with E-state index in [0.717, 1.165) is 21.6 Å². The summed E-state index contributed by atoms with van der Waals surface area (Å²) in [6.07, 6.45) is 0. The Morgan fingerprint density at radius 3 is 2.35 bits per heavy atom. The Kier molecular flexibility index (Phi) is 5.49. The van der Waals surface area contributed by atoms with Crippen LogP contribution in [0, 0.1) is 0 Å². The van der Waals surface area contributed by atoms with Crippen molar-refractivity contribution < 1.29 is 9.59 Å². The minimum atomic E-state index is -0.118. The van der Waals surface area contributed by atoms with Gasteiger partial charge in [-0.25, -0.2) is 0 Å². The van der Waals surface area contributed by atoms with Crippen molar-refractivity contribution in [1.29, 1.82) is 0 Å². The van der Waals surface area contributed by atoms with Gasteiger partial charge in [0.25, 0.3) is 11.8 Å². The molecule has 0 atom stereocenters. The molecule has 0 aliphatic rings. The van der Waals surface area contributed by atoms with Crippen LogP contribution in [0.1, 0.15) is 25.6 Å². The zero-order chi connectivity index (χ0) is 18.5. The number of amides is 2. The van der Waals surface area contributed by atoms with Gasteiger partial charge in [-0.3, -0.25) is 9.59 Å². The Balaban J connectivity index is 1.75. The first-order valence-corrected chi connectivity index (χ1v) is 9.17. The van der Waals surface area contributed by atoms with Crippen molar-refractivity contribution in [3.63, 3.8) is 0 Å². The van der Waals surface area contributed by atoms with Crippen LogP contribution < -0.4 is 5.32 Å². The average Bonchev–Trinajstić information content (AvgIpc) is 3.17. The number of thiophene rings is 1. The molecule has 3 aromatic rings. The van der Waals surface area contributed by atoms with E-state index in [4.69, 9.17) is 0 Å². The van der Waals surface area contributed by atoms with Gasteiger partial charge in [0.2, 0.25) is 0 Å². The molecule has 3 rings (SSSR count). The molecule has 2 aromatic carbocycles. The van der Waals surface area contributed by atoms with E-state index in [-0.39, 0.29) is 11.8 Å². The van der Waals surface area contributed by atoms with Gasteiger partial charge in [-0.2, -0.15) is 0 Å². The van der Waals surface area contributed by atoms with Crippen LogP contribution in [0.3, 0.4) is 0 Å². The van der Waals surface area contributed by atoms with Gasteiger partial charge in [-0.1, -0.05) is 42.5 Å². The molecular weight excluding hydrogens is 344 g/mol. The van der Waals surface area contributed by atoms with Gasteiger partial charge in [-0.05, 0) is 34.7 Å². The summed E-state index contributed by atoms with van der Waals surface area (Å²) >= 11 is 1.46. The lowest BCUT2D eigenvalue weighted by atomic mass is 10.1. The van der Waals surface area contributed by atoms with E-state index in [2.05, 4.69) is 5.32 Å². The third-order valence-electron chi connectivity index (χ3n) is 4.15. The highest BCUT2D eigenvalue weighted by Gasteiger charge is 2.18. The van der Waals surface area contributed by atoms with Gasteiger partial charge in [0.05, 0.1) is 4.88 Å². The molecule has 132 valence electrons. The fourth-order valence-electron chi connectivity index (χ4n) is 2.74. The Hall–Kier alpha value is -2.92. The fourth-order valence-corrected chi connectivity index (χ4v) is 3.65. The molecule has 5 heteroatoms. The number of benzene rings is 2. The number of carbonyl (C=O) groups is 2. The van der Waals surface area contributed by atoms with Crippen molar-refractivity contribution in [2.45, 2.75) is 6.54 Å². The average molecular weight is 364 g/mol. The highest BCUT2D eigenvalue weighted by Crippen LogP contribution is 2.29. The number of carbonyl (C=O) groups excluding carboxylic acids is 2.